The Morgan fingerprint density at radius 2 is 1.76 bits per heavy atom. The van der Waals surface area contributed by atoms with E-state index in [4.69, 9.17) is 9.72 Å². The van der Waals surface area contributed by atoms with Gasteiger partial charge in [-0.2, -0.15) is 0 Å². The number of imidazole rings is 1. The van der Waals surface area contributed by atoms with E-state index >= 15 is 0 Å². The number of nitrogens with one attached hydrogen (secondary N) is 1. The number of hydrogen-bond acceptors (Lipinski definition) is 4. The molecule has 1 heterocycles. The number of carbonyl (C=O) groups excluding carboxylic acids is 2. The van der Waals surface area contributed by atoms with E-state index in [1.807, 2.05) is 79.2 Å². The molecule has 0 saturated heterocycles. The van der Waals surface area contributed by atoms with Gasteiger partial charge in [0.2, 0.25) is 17.8 Å². The summed E-state index contributed by atoms with van der Waals surface area (Å²) in [5.74, 6) is 1.03. The second-order valence-electron chi connectivity index (χ2n) is 8.97. The number of para-hydroxylation sites is 1. The summed E-state index contributed by atoms with van der Waals surface area (Å²) >= 11 is 0. The molecule has 4 rings (SSSR count). The monoisotopic (exact) mass is 460 g/mol. The van der Waals surface area contributed by atoms with Crippen molar-refractivity contribution < 1.29 is 14.3 Å². The van der Waals surface area contributed by atoms with Crippen LogP contribution in [0.4, 0.5) is 5.95 Å². The molecule has 0 unspecified atom stereocenters. The molecule has 3 aromatic rings. The standard InChI is InChI=1S/C27H32N4O3/c1-19(2)30(26(33)21-9-7-8-10-21)18-25(32)29-27-28-24(20-13-15-23(34-3)16-14-20)17-31(27)22-11-5-4-6-12-22/h4-6,11-17,19,21H,7-10,18H2,1-3H3,(H,28,29,32). The predicted molar refractivity (Wildman–Crippen MR) is 133 cm³/mol. The van der Waals surface area contributed by atoms with Crippen molar-refractivity contribution >= 4 is 17.8 Å². The van der Waals surface area contributed by atoms with Gasteiger partial charge in [-0.15, -0.1) is 0 Å². The zero-order valence-electron chi connectivity index (χ0n) is 20.0. The van der Waals surface area contributed by atoms with Crippen LogP contribution in [-0.2, 0) is 9.59 Å². The quantitative estimate of drug-likeness (QED) is 0.518. The summed E-state index contributed by atoms with van der Waals surface area (Å²) < 4.78 is 7.11. The highest BCUT2D eigenvalue weighted by atomic mass is 16.5. The lowest BCUT2D eigenvalue weighted by atomic mass is 10.1. The minimum absolute atomic E-state index is 0.00647. The molecule has 0 bridgehead atoms. The normalized spacial score (nSPS) is 13.8. The van der Waals surface area contributed by atoms with E-state index in [0.717, 1.165) is 48.4 Å². The molecule has 1 aromatic heterocycles. The summed E-state index contributed by atoms with van der Waals surface area (Å²) in [5, 5.41) is 2.95. The first kappa shape index (κ1) is 23.5. The average Bonchev–Trinajstić information content (AvgIpc) is 3.53. The lowest BCUT2D eigenvalue weighted by molar-refractivity contribution is -0.140. The van der Waals surface area contributed by atoms with Crippen molar-refractivity contribution in [2.75, 3.05) is 19.0 Å². The summed E-state index contributed by atoms with van der Waals surface area (Å²) in [6.07, 6.45) is 5.88. The van der Waals surface area contributed by atoms with Gasteiger partial charge in [0.15, 0.2) is 0 Å². The molecule has 0 atom stereocenters. The Kier molecular flexibility index (Phi) is 7.30. The maximum atomic E-state index is 13.1. The zero-order chi connectivity index (χ0) is 24.1. The number of hydrogen-bond donors (Lipinski definition) is 1. The van der Waals surface area contributed by atoms with Gasteiger partial charge in [0.25, 0.3) is 0 Å². The number of carbonyl (C=O) groups is 2. The van der Waals surface area contributed by atoms with E-state index in [-0.39, 0.29) is 30.3 Å². The SMILES string of the molecule is COc1ccc(-c2cn(-c3ccccc3)c(NC(=O)CN(C(=O)C3CCCC3)C(C)C)n2)cc1. The molecule has 178 valence electrons. The summed E-state index contributed by atoms with van der Waals surface area (Å²) in [5.41, 5.74) is 2.52. The molecule has 0 spiro atoms. The first-order chi connectivity index (χ1) is 16.5. The molecule has 1 aliphatic rings. The summed E-state index contributed by atoms with van der Waals surface area (Å²) in [7, 11) is 1.63. The number of nitrogens with zero attached hydrogens (tertiary/aromatic N) is 3. The molecule has 1 aliphatic carbocycles. The summed E-state index contributed by atoms with van der Waals surface area (Å²) in [4.78, 5) is 32.5. The molecule has 7 nitrogen and oxygen atoms in total. The Morgan fingerprint density at radius 3 is 2.38 bits per heavy atom. The highest BCUT2D eigenvalue weighted by Gasteiger charge is 2.30. The van der Waals surface area contributed by atoms with Crippen LogP contribution in [0.1, 0.15) is 39.5 Å². The van der Waals surface area contributed by atoms with Crippen LogP contribution >= 0.6 is 0 Å². The third-order valence-corrected chi connectivity index (χ3v) is 6.30. The lowest BCUT2D eigenvalue weighted by Crippen LogP contribution is -2.45. The Bertz CT molecular complexity index is 1120. The second-order valence-corrected chi connectivity index (χ2v) is 8.97. The molecule has 1 fully saturated rings. The van der Waals surface area contributed by atoms with Crippen LogP contribution in [0.2, 0.25) is 0 Å². The fourth-order valence-corrected chi connectivity index (χ4v) is 4.40. The average molecular weight is 461 g/mol. The maximum absolute atomic E-state index is 13.1. The molecule has 0 radical (unpaired) electrons. The van der Waals surface area contributed by atoms with Crippen LogP contribution < -0.4 is 10.1 Å². The molecule has 2 aromatic carbocycles. The Labute approximate surface area is 200 Å². The van der Waals surface area contributed by atoms with Gasteiger partial charge in [-0.3, -0.25) is 19.5 Å². The van der Waals surface area contributed by atoms with Crippen molar-refractivity contribution in [2.24, 2.45) is 5.92 Å². The van der Waals surface area contributed by atoms with E-state index < -0.39 is 0 Å². The molecular weight excluding hydrogens is 428 g/mol. The van der Waals surface area contributed by atoms with Crippen LogP contribution in [0.3, 0.4) is 0 Å². The van der Waals surface area contributed by atoms with Crippen molar-refractivity contribution in [1.29, 1.82) is 0 Å². The van der Waals surface area contributed by atoms with Gasteiger partial charge in [0.1, 0.15) is 12.3 Å². The van der Waals surface area contributed by atoms with Gasteiger partial charge in [-0.1, -0.05) is 31.0 Å². The van der Waals surface area contributed by atoms with E-state index in [2.05, 4.69) is 5.32 Å². The minimum Gasteiger partial charge on any atom is -0.497 e. The van der Waals surface area contributed by atoms with Gasteiger partial charge < -0.3 is 9.64 Å². The first-order valence-electron chi connectivity index (χ1n) is 11.9. The fraction of sp³-hybridized carbons (Fsp3) is 0.370. The molecule has 1 N–H and O–H groups in total. The zero-order valence-corrected chi connectivity index (χ0v) is 20.0. The smallest absolute Gasteiger partial charge is 0.246 e. The number of rotatable bonds is 8. The van der Waals surface area contributed by atoms with Crippen LogP contribution in [0.5, 0.6) is 5.75 Å². The third-order valence-electron chi connectivity index (χ3n) is 6.30. The third kappa shape index (κ3) is 5.30. The summed E-state index contributed by atoms with van der Waals surface area (Å²) in [6.45, 7) is 3.91. The lowest BCUT2D eigenvalue weighted by Gasteiger charge is -2.28. The van der Waals surface area contributed by atoms with Gasteiger partial charge in [-0.05, 0) is 63.1 Å². The Balaban J connectivity index is 1.58. The van der Waals surface area contributed by atoms with Crippen molar-refractivity contribution in [2.45, 2.75) is 45.6 Å². The molecule has 34 heavy (non-hydrogen) atoms. The highest BCUT2D eigenvalue weighted by molar-refractivity contribution is 5.94. The number of ether oxygens (including phenoxy) is 1. The number of methoxy groups -OCH3 is 1. The van der Waals surface area contributed by atoms with Gasteiger partial charge in [-0.25, -0.2) is 4.98 Å². The van der Waals surface area contributed by atoms with E-state index in [1.165, 1.54) is 0 Å². The molecule has 1 saturated carbocycles. The van der Waals surface area contributed by atoms with Crippen molar-refractivity contribution in [1.82, 2.24) is 14.5 Å². The second kappa shape index (κ2) is 10.5. The molecule has 7 heteroatoms. The van der Waals surface area contributed by atoms with Crippen LogP contribution in [0.15, 0.2) is 60.8 Å². The number of anilines is 1. The fourth-order valence-electron chi connectivity index (χ4n) is 4.40. The minimum atomic E-state index is -0.260. The largest absolute Gasteiger partial charge is 0.497 e. The summed E-state index contributed by atoms with van der Waals surface area (Å²) in [6, 6.07) is 17.3. The molecule has 2 amide bonds. The van der Waals surface area contributed by atoms with Crippen LogP contribution in [0.25, 0.3) is 16.9 Å². The van der Waals surface area contributed by atoms with Gasteiger partial charge in [0, 0.05) is 29.4 Å². The van der Waals surface area contributed by atoms with Crippen molar-refractivity contribution in [3.05, 3.63) is 60.8 Å². The highest BCUT2D eigenvalue weighted by Crippen LogP contribution is 2.28. The number of amides is 2. The number of benzene rings is 2. The Hall–Kier alpha value is -3.61. The van der Waals surface area contributed by atoms with E-state index in [0.29, 0.717) is 5.95 Å². The number of aromatic nitrogens is 2. The van der Waals surface area contributed by atoms with Gasteiger partial charge in [0.05, 0.1) is 12.8 Å². The maximum Gasteiger partial charge on any atom is 0.246 e. The van der Waals surface area contributed by atoms with E-state index in [1.54, 1.807) is 12.0 Å². The van der Waals surface area contributed by atoms with Crippen LogP contribution in [0, 0.1) is 5.92 Å². The molecule has 0 aliphatic heterocycles. The van der Waals surface area contributed by atoms with Gasteiger partial charge >= 0.3 is 0 Å². The predicted octanol–water partition coefficient (Wildman–Crippen LogP) is 4.91. The topological polar surface area (TPSA) is 76.5 Å². The Morgan fingerprint density at radius 1 is 1.09 bits per heavy atom. The van der Waals surface area contributed by atoms with Crippen molar-refractivity contribution in [3.8, 4) is 22.7 Å². The first-order valence-corrected chi connectivity index (χ1v) is 11.9. The van der Waals surface area contributed by atoms with Crippen LogP contribution in [-0.4, -0.2) is 46.0 Å². The van der Waals surface area contributed by atoms with Crippen molar-refractivity contribution in [3.63, 3.8) is 0 Å². The van der Waals surface area contributed by atoms with E-state index in [9.17, 15) is 9.59 Å². The molecular formula is C27H32N4O3.